The van der Waals surface area contributed by atoms with Gasteiger partial charge in [0.05, 0.1) is 11.7 Å². The molecular formula is C24H18F4N2O3. The maximum atomic E-state index is 13.3. The van der Waals surface area contributed by atoms with Crippen LogP contribution in [0.3, 0.4) is 0 Å². The summed E-state index contributed by atoms with van der Waals surface area (Å²) in [6.07, 6.45) is 0.299. The largest absolute Gasteiger partial charge is 0.435 e. The average Bonchev–Trinajstić information content (AvgIpc) is 3.11. The van der Waals surface area contributed by atoms with E-state index in [-0.39, 0.29) is 29.2 Å². The van der Waals surface area contributed by atoms with Crippen LogP contribution in [0.5, 0.6) is 11.5 Å². The summed E-state index contributed by atoms with van der Waals surface area (Å²) in [5, 5.41) is 0. The summed E-state index contributed by atoms with van der Waals surface area (Å²) in [4.78, 5) is 19.3. The number of aliphatic imine (C=N–C) groups is 1. The number of rotatable bonds is 7. The first kappa shape index (κ1) is 22.3. The molecular weight excluding hydrogens is 440 g/mol. The Hall–Kier alpha value is -3.88. The van der Waals surface area contributed by atoms with Gasteiger partial charge in [0.2, 0.25) is 0 Å². The van der Waals surface area contributed by atoms with Crippen molar-refractivity contribution >= 4 is 23.0 Å². The first-order valence-electron chi connectivity index (χ1n) is 9.96. The molecule has 4 rings (SSSR count). The standard InChI is InChI=1S/C24H18F4N2O3/c25-23(26)32-18-10-6-16(7-11-18)29-20-14-21(15-4-2-1-3-5-15)30(22(20)31)17-8-12-19(13-9-17)33-24(27)28/h1-13,21,23-24H,14H2. The van der Waals surface area contributed by atoms with Crippen molar-refractivity contribution in [2.75, 3.05) is 4.90 Å². The van der Waals surface area contributed by atoms with E-state index in [4.69, 9.17) is 0 Å². The van der Waals surface area contributed by atoms with Crippen LogP contribution in [-0.2, 0) is 4.79 Å². The van der Waals surface area contributed by atoms with Crippen LogP contribution in [0.25, 0.3) is 0 Å². The zero-order valence-electron chi connectivity index (χ0n) is 17.1. The zero-order chi connectivity index (χ0) is 23.4. The number of halogens is 4. The molecule has 0 aromatic heterocycles. The molecule has 1 fully saturated rings. The molecule has 1 amide bonds. The van der Waals surface area contributed by atoms with Crippen molar-refractivity contribution in [1.82, 2.24) is 0 Å². The van der Waals surface area contributed by atoms with E-state index in [0.717, 1.165) is 5.56 Å². The minimum absolute atomic E-state index is 0.0124. The Bertz CT molecular complexity index is 1120. The molecule has 1 heterocycles. The maximum absolute atomic E-state index is 13.3. The number of ether oxygens (including phenoxy) is 2. The molecule has 1 atom stereocenters. The summed E-state index contributed by atoms with van der Waals surface area (Å²) >= 11 is 0. The number of amides is 1. The van der Waals surface area contributed by atoms with Crippen LogP contribution < -0.4 is 14.4 Å². The molecule has 33 heavy (non-hydrogen) atoms. The molecule has 0 saturated carbocycles. The first-order chi connectivity index (χ1) is 15.9. The van der Waals surface area contributed by atoms with E-state index in [1.54, 1.807) is 4.90 Å². The Morgan fingerprint density at radius 1 is 0.788 bits per heavy atom. The van der Waals surface area contributed by atoms with Gasteiger partial charge in [0.15, 0.2) is 0 Å². The molecule has 0 radical (unpaired) electrons. The lowest BCUT2D eigenvalue weighted by Crippen LogP contribution is -2.29. The predicted molar refractivity (Wildman–Crippen MR) is 115 cm³/mol. The van der Waals surface area contributed by atoms with Crippen molar-refractivity contribution in [3.8, 4) is 11.5 Å². The Morgan fingerprint density at radius 3 is 1.88 bits per heavy atom. The minimum Gasteiger partial charge on any atom is -0.435 e. The molecule has 3 aromatic rings. The highest BCUT2D eigenvalue weighted by Gasteiger charge is 2.38. The summed E-state index contributed by atoms with van der Waals surface area (Å²) in [5.41, 5.74) is 2.07. The molecule has 9 heteroatoms. The number of hydrogen-bond donors (Lipinski definition) is 0. The van der Waals surface area contributed by atoms with Crippen molar-refractivity contribution in [2.24, 2.45) is 4.99 Å². The van der Waals surface area contributed by atoms with Gasteiger partial charge in [0.1, 0.15) is 17.2 Å². The second-order valence-corrected chi connectivity index (χ2v) is 7.11. The fourth-order valence-electron chi connectivity index (χ4n) is 3.62. The Balaban J connectivity index is 1.64. The lowest BCUT2D eigenvalue weighted by molar-refractivity contribution is -0.112. The Labute approximate surface area is 186 Å². The monoisotopic (exact) mass is 458 g/mol. The highest BCUT2D eigenvalue weighted by Crippen LogP contribution is 2.37. The number of alkyl halides is 4. The highest BCUT2D eigenvalue weighted by atomic mass is 19.3. The minimum atomic E-state index is -2.95. The van der Waals surface area contributed by atoms with Gasteiger partial charge in [-0.15, -0.1) is 0 Å². The van der Waals surface area contributed by atoms with E-state index in [9.17, 15) is 22.4 Å². The van der Waals surface area contributed by atoms with Crippen LogP contribution in [0.1, 0.15) is 18.0 Å². The topological polar surface area (TPSA) is 51.1 Å². The number of carbonyl (C=O) groups excluding carboxylic acids is 1. The van der Waals surface area contributed by atoms with Gasteiger partial charge in [-0.1, -0.05) is 30.3 Å². The van der Waals surface area contributed by atoms with Gasteiger partial charge in [-0.25, -0.2) is 4.99 Å². The van der Waals surface area contributed by atoms with E-state index in [1.807, 2.05) is 30.3 Å². The second-order valence-electron chi connectivity index (χ2n) is 7.11. The molecule has 1 aliphatic heterocycles. The second kappa shape index (κ2) is 9.72. The predicted octanol–water partition coefficient (Wildman–Crippen LogP) is 6.14. The normalized spacial score (nSPS) is 17.3. The van der Waals surface area contributed by atoms with E-state index in [1.165, 1.54) is 48.5 Å². The van der Waals surface area contributed by atoms with Gasteiger partial charge < -0.3 is 9.47 Å². The number of carbonyl (C=O) groups is 1. The van der Waals surface area contributed by atoms with Crippen LogP contribution in [0.2, 0.25) is 0 Å². The van der Waals surface area contributed by atoms with Gasteiger partial charge in [0.25, 0.3) is 5.91 Å². The number of hydrogen-bond acceptors (Lipinski definition) is 4. The van der Waals surface area contributed by atoms with E-state index in [0.29, 0.717) is 17.8 Å². The lowest BCUT2D eigenvalue weighted by atomic mass is 10.0. The fourth-order valence-corrected chi connectivity index (χ4v) is 3.62. The summed E-state index contributed by atoms with van der Waals surface area (Å²) in [7, 11) is 0. The number of benzene rings is 3. The molecule has 1 aliphatic rings. The van der Waals surface area contributed by atoms with Crippen LogP contribution in [0, 0.1) is 0 Å². The Morgan fingerprint density at radius 2 is 1.33 bits per heavy atom. The van der Waals surface area contributed by atoms with Crippen molar-refractivity contribution in [3.63, 3.8) is 0 Å². The van der Waals surface area contributed by atoms with Gasteiger partial charge in [-0.05, 0) is 54.1 Å². The van der Waals surface area contributed by atoms with Crippen molar-refractivity contribution in [2.45, 2.75) is 25.7 Å². The van der Waals surface area contributed by atoms with Crippen LogP contribution in [0.15, 0.2) is 83.9 Å². The number of anilines is 1. The molecule has 0 aliphatic carbocycles. The molecule has 3 aromatic carbocycles. The summed E-state index contributed by atoms with van der Waals surface area (Å²) < 4.78 is 58.3. The van der Waals surface area contributed by atoms with Crippen LogP contribution in [-0.4, -0.2) is 24.8 Å². The van der Waals surface area contributed by atoms with Gasteiger partial charge in [0, 0.05) is 12.1 Å². The molecule has 5 nitrogen and oxygen atoms in total. The molecule has 0 spiro atoms. The third-order valence-corrected chi connectivity index (χ3v) is 5.01. The SMILES string of the molecule is O=C1C(=Nc2ccc(OC(F)F)cc2)CC(c2ccccc2)N1c1ccc(OC(F)F)cc1. The molecule has 1 unspecified atom stereocenters. The van der Waals surface area contributed by atoms with E-state index in [2.05, 4.69) is 14.5 Å². The van der Waals surface area contributed by atoms with Crippen molar-refractivity contribution in [1.29, 1.82) is 0 Å². The van der Waals surface area contributed by atoms with Gasteiger partial charge in [-0.2, -0.15) is 17.6 Å². The maximum Gasteiger partial charge on any atom is 0.387 e. The molecule has 170 valence electrons. The van der Waals surface area contributed by atoms with E-state index < -0.39 is 13.2 Å². The smallest absolute Gasteiger partial charge is 0.387 e. The molecule has 0 bridgehead atoms. The molecule has 0 N–H and O–H groups in total. The van der Waals surface area contributed by atoms with Crippen molar-refractivity contribution in [3.05, 3.63) is 84.4 Å². The van der Waals surface area contributed by atoms with Crippen molar-refractivity contribution < 1.29 is 31.8 Å². The van der Waals surface area contributed by atoms with Crippen LogP contribution >= 0.6 is 0 Å². The first-order valence-corrected chi connectivity index (χ1v) is 9.96. The van der Waals surface area contributed by atoms with E-state index >= 15 is 0 Å². The van der Waals surface area contributed by atoms with Gasteiger partial charge >= 0.3 is 13.2 Å². The average molecular weight is 458 g/mol. The summed E-state index contributed by atoms with van der Waals surface area (Å²) in [6, 6.07) is 20.4. The quantitative estimate of drug-likeness (QED) is 0.400. The van der Waals surface area contributed by atoms with Crippen LogP contribution in [0.4, 0.5) is 28.9 Å². The molecule has 1 saturated heterocycles. The van der Waals surface area contributed by atoms with Gasteiger partial charge in [-0.3, -0.25) is 9.69 Å². The third kappa shape index (κ3) is 5.31. The summed E-state index contributed by atoms with van der Waals surface area (Å²) in [6.45, 7) is -5.88. The lowest BCUT2D eigenvalue weighted by Gasteiger charge is -2.24. The third-order valence-electron chi connectivity index (χ3n) is 5.01. The fraction of sp³-hybridized carbons (Fsp3) is 0.167. The highest BCUT2D eigenvalue weighted by molar-refractivity contribution is 6.46. The number of nitrogens with zero attached hydrogens (tertiary/aromatic N) is 2. The summed E-state index contributed by atoms with van der Waals surface area (Å²) in [5.74, 6) is -0.377. The zero-order valence-corrected chi connectivity index (χ0v) is 17.1. The Kier molecular flexibility index (Phi) is 6.58.